The van der Waals surface area contributed by atoms with Crippen LogP contribution in [-0.4, -0.2) is 24.7 Å². The van der Waals surface area contributed by atoms with Gasteiger partial charge in [-0.05, 0) is 38.6 Å². The molecule has 0 aromatic carbocycles. The molecule has 0 rings (SSSR count). The number of hydrogen-bond acceptors (Lipinski definition) is 3. The molecule has 0 saturated heterocycles. The third-order valence-electron chi connectivity index (χ3n) is 2.85. The van der Waals surface area contributed by atoms with Gasteiger partial charge in [-0.1, -0.05) is 27.7 Å². The van der Waals surface area contributed by atoms with Gasteiger partial charge in [0.25, 0.3) is 0 Å². The van der Waals surface area contributed by atoms with Crippen molar-refractivity contribution in [3.8, 4) is 0 Å². The topological polar surface area (TPSA) is 38.3 Å². The largest absolute Gasteiger partial charge is 0.460 e. The number of ether oxygens (including phenoxy) is 1. The summed E-state index contributed by atoms with van der Waals surface area (Å²) in [6.07, 6.45) is 0.439. The Morgan fingerprint density at radius 3 is 2.12 bits per heavy atom. The van der Waals surface area contributed by atoms with Crippen LogP contribution in [0, 0.1) is 11.3 Å². The first kappa shape index (κ1) is 16.4. The average molecular weight is 243 g/mol. The Kier molecular flexibility index (Phi) is 6.17. The van der Waals surface area contributed by atoms with E-state index in [0.717, 1.165) is 6.54 Å². The van der Waals surface area contributed by atoms with E-state index in [-0.39, 0.29) is 11.6 Å². The zero-order valence-corrected chi connectivity index (χ0v) is 12.5. The highest BCUT2D eigenvalue weighted by molar-refractivity contribution is 5.70. The van der Waals surface area contributed by atoms with Gasteiger partial charge in [-0.25, -0.2) is 0 Å². The number of hydrogen-bond donors (Lipinski definition) is 1. The molecule has 3 heteroatoms. The van der Waals surface area contributed by atoms with Gasteiger partial charge in [-0.3, -0.25) is 4.79 Å². The molecule has 17 heavy (non-hydrogen) atoms. The van der Waals surface area contributed by atoms with Crippen LogP contribution in [0.4, 0.5) is 0 Å². The van der Waals surface area contributed by atoms with E-state index in [1.54, 1.807) is 0 Å². The lowest BCUT2D eigenvalue weighted by Gasteiger charge is -2.27. The Morgan fingerprint density at radius 2 is 1.71 bits per heavy atom. The van der Waals surface area contributed by atoms with E-state index in [1.807, 2.05) is 20.8 Å². The van der Waals surface area contributed by atoms with Crippen molar-refractivity contribution in [1.82, 2.24) is 5.32 Å². The molecule has 0 aliphatic carbocycles. The first-order chi connectivity index (χ1) is 7.52. The van der Waals surface area contributed by atoms with Gasteiger partial charge < -0.3 is 10.1 Å². The second-order valence-corrected chi connectivity index (χ2v) is 6.81. The summed E-state index contributed by atoms with van der Waals surface area (Å²) < 4.78 is 5.23. The van der Waals surface area contributed by atoms with Gasteiger partial charge in [0.05, 0.1) is 6.42 Å². The van der Waals surface area contributed by atoms with Crippen LogP contribution in [0.25, 0.3) is 0 Å². The molecule has 0 aromatic heterocycles. The molecule has 0 saturated carbocycles. The lowest BCUT2D eigenvalue weighted by atomic mass is 9.82. The van der Waals surface area contributed by atoms with Crippen molar-refractivity contribution in [3.63, 3.8) is 0 Å². The highest BCUT2D eigenvalue weighted by atomic mass is 16.6. The summed E-state index contributed by atoms with van der Waals surface area (Å²) in [5, 5.41) is 3.31. The highest BCUT2D eigenvalue weighted by Crippen LogP contribution is 2.24. The molecule has 0 heterocycles. The lowest BCUT2D eigenvalue weighted by Crippen LogP contribution is -2.32. The normalized spacial score (nSPS) is 14.5. The Balaban J connectivity index is 3.69. The van der Waals surface area contributed by atoms with Crippen LogP contribution in [0.1, 0.15) is 54.9 Å². The summed E-state index contributed by atoms with van der Waals surface area (Å²) in [7, 11) is 0. The molecule has 1 N–H and O–H groups in total. The second-order valence-electron chi connectivity index (χ2n) is 6.81. The maximum atomic E-state index is 11.4. The summed E-state index contributed by atoms with van der Waals surface area (Å²) in [4.78, 5) is 11.4. The van der Waals surface area contributed by atoms with Crippen LogP contribution in [-0.2, 0) is 9.53 Å². The zero-order chi connectivity index (χ0) is 13.7. The van der Waals surface area contributed by atoms with Crippen molar-refractivity contribution in [3.05, 3.63) is 0 Å². The minimum absolute atomic E-state index is 0.131. The second kappa shape index (κ2) is 6.39. The molecule has 0 bridgehead atoms. The van der Waals surface area contributed by atoms with Crippen molar-refractivity contribution >= 4 is 5.97 Å². The van der Waals surface area contributed by atoms with E-state index in [1.165, 1.54) is 0 Å². The highest BCUT2D eigenvalue weighted by Gasteiger charge is 2.19. The fourth-order valence-electron chi connectivity index (χ4n) is 1.21. The van der Waals surface area contributed by atoms with E-state index in [0.29, 0.717) is 24.3 Å². The summed E-state index contributed by atoms with van der Waals surface area (Å²) in [5.41, 5.74) is -0.0747. The van der Waals surface area contributed by atoms with Crippen LogP contribution in [0.15, 0.2) is 0 Å². The summed E-state index contributed by atoms with van der Waals surface area (Å²) >= 11 is 0. The van der Waals surface area contributed by atoms with E-state index in [9.17, 15) is 4.79 Å². The van der Waals surface area contributed by atoms with E-state index in [2.05, 4.69) is 33.0 Å². The molecule has 0 aromatic rings. The molecule has 3 nitrogen and oxygen atoms in total. The molecule has 0 spiro atoms. The first-order valence-corrected chi connectivity index (χ1v) is 6.45. The minimum Gasteiger partial charge on any atom is -0.460 e. The summed E-state index contributed by atoms with van der Waals surface area (Å²) in [5.74, 6) is 0.453. The third-order valence-corrected chi connectivity index (χ3v) is 2.85. The van der Waals surface area contributed by atoms with Crippen molar-refractivity contribution in [1.29, 1.82) is 0 Å². The molecule has 0 aliphatic heterocycles. The number of esters is 1. The molecule has 0 amide bonds. The number of rotatable bonds is 5. The van der Waals surface area contributed by atoms with Gasteiger partial charge in [-0.15, -0.1) is 0 Å². The van der Waals surface area contributed by atoms with Gasteiger partial charge in [0.15, 0.2) is 0 Å². The monoisotopic (exact) mass is 243 g/mol. The molecular weight excluding hydrogens is 214 g/mol. The maximum absolute atomic E-state index is 11.4. The zero-order valence-electron chi connectivity index (χ0n) is 12.5. The SMILES string of the molecule is CC(CNCCC(=O)OC(C)(C)C)C(C)(C)C. The summed E-state index contributed by atoms with van der Waals surface area (Å²) in [6, 6.07) is 0. The molecule has 102 valence electrons. The lowest BCUT2D eigenvalue weighted by molar-refractivity contribution is -0.154. The molecule has 0 radical (unpaired) electrons. The van der Waals surface area contributed by atoms with Crippen molar-refractivity contribution in [2.45, 2.75) is 60.5 Å². The maximum Gasteiger partial charge on any atom is 0.307 e. The van der Waals surface area contributed by atoms with E-state index >= 15 is 0 Å². The van der Waals surface area contributed by atoms with Gasteiger partial charge >= 0.3 is 5.97 Å². The minimum atomic E-state index is -0.379. The fourth-order valence-corrected chi connectivity index (χ4v) is 1.21. The van der Waals surface area contributed by atoms with Crippen LogP contribution >= 0.6 is 0 Å². The first-order valence-electron chi connectivity index (χ1n) is 6.45. The van der Waals surface area contributed by atoms with Crippen molar-refractivity contribution < 1.29 is 9.53 Å². The average Bonchev–Trinajstić information content (AvgIpc) is 2.07. The Morgan fingerprint density at radius 1 is 1.18 bits per heavy atom. The van der Waals surface area contributed by atoms with Crippen LogP contribution in [0.5, 0.6) is 0 Å². The molecule has 0 fully saturated rings. The van der Waals surface area contributed by atoms with Gasteiger partial charge in [-0.2, -0.15) is 0 Å². The molecule has 1 unspecified atom stereocenters. The number of nitrogens with one attached hydrogen (secondary N) is 1. The third kappa shape index (κ3) is 9.16. The summed E-state index contributed by atoms with van der Waals surface area (Å²) in [6.45, 7) is 16.2. The predicted octanol–water partition coefficient (Wildman–Crippen LogP) is 2.99. The van der Waals surface area contributed by atoms with Gasteiger partial charge in [0.1, 0.15) is 5.60 Å². The van der Waals surface area contributed by atoms with Crippen molar-refractivity contribution in [2.24, 2.45) is 11.3 Å². The van der Waals surface area contributed by atoms with E-state index < -0.39 is 0 Å². The predicted molar refractivity (Wildman–Crippen MR) is 72.0 cm³/mol. The van der Waals surface area contributed by atoms with Crippen LogP contribution in [0.2, 0.25) is 0 Å². The van der Waals surface area contributed by atoms with Crippen molar-refractivity contribution in [2.75, 3.05) is 13.1 Å². The molecule has 1 atom stereocenters. The smallest absolute Gasteiger partial charge is 0.307 e. The number of carbonyl (C=O) groups excluding carboxylic acids is 1. The van der Waals surface area contributed by atoms with Gasteiger partial charge in [0.2, 0.25) is 0 Å². The standard InChI is InChI=1S/C14H29NO2/c1-11(13(2,3)4)10-15-9-8-12(16)17-14(5,6)7/h11,15H,8-10H2,1-7H3. The molecule has 0 aliphatic rings. The van der Waals surface area contributed by atoms with Gasteiger partial charge in [0, 0.05) is 6.54 Å². The van der Waals surface area contributed by atoms with Crippen LogP contribution in [0.3, 0.4) is 0 Å². The number of carbonyl (C=O) groups is 1. The van der Waals surface area contributed by atoms with E-state index in [4.69, 9.17) is 4.74 Å². The Hall–Kier alpha value is -0.570. The quantitative estimate of drug-likeness (QED) is 0.596. The fraction of sp³-hybridized carbons (Fsp3) is 0.929. The molecular formula is C14H29NO2. The Labute approximate surface area is 106 Å². The Bertz CT molecular complexity index is 236. The van der Waals surface area contributed by atoms with Crippen LogP contribution < -0.4 is 5.32 Å².